The van der Waals surface area contributed by atoms with Gasteiger partial charge in [0.2, 0.25) is 5.91 Å². The molecule has 0 fully saturated rings. The zero-order valence-electron chi connectivity index (χ0n) is 19.3. The molecule has 3 aromatic carbocycles. The highest BCUT2D eigenvalue weighted by Gasteiger charge is 2.44. The first-order valence-corrected chi connectivity index (χ1v) is 11.9. The van der Waals surface area contributed by atoms with Gasteiger partial charge in [-0.1, -0.05) is 60.1 Å². The Balaban J connectivity index is 1.67. The Labute approximate surface area is 208 Å². The molecule has 0 spiro atoms. The summed E-state index contributed by atoms with van der Waals surface area (Å²) in [7, 11) is 1.60. The summed E-state index contributed by atoms with van der Waals surface area (Å²) >= 11 is 6.10. The number of H-pyrrole nitrogens is 1. The van der Waals surface area contributed by atoms with Crippen molar-refractivity contribution in [3.8, 4) is 0 Å². The third-order valence-corrected chi connectivity index (χ3v) is 6.78. The van der Waals surface area contributed by atoms with Crippen molar-refractivity contribution in [1.82, 2.24) is 15.2 Å². The van der Waals surface area contributed by atoms with Crippen LogP contribution >= 0.6 is 11.6 Å². The number of methoxy groups -OCH3 is 1. The van der Waals surface area contributed by atoms with Crippen molar-refractivity contribution in [2.75, 3.05) is 20.3 Å². The molecule has 178 valence electrons. The molecule has 1 aliphatic heterocycles. The van der Waals surface area contributed by atoms with Crippen LogP contribution in [0.3, 0.4) is 0 Å². The van der Waals surface area contributed by atoms with Crippen LogP contribution in [0.25, 0.3) is 10.9 Å². The number of nitrogens with one attached hydrogen (secondary N) is 2. The minimum atomic E-state index is -0.590. The van der Waals surface area contributed by atoms with Crippen LogP contribution in [0, 0.1) is 0 Å². The minimum absolute atomic E-state index is 0.105. The number of ether oxygens (including phenoxy) is 1. The molecule has 0 radical (unpaired) electrons. The van der Waals surface area contributed by atoms with Gasteiger partial charge in [0.1, 0.15) is 0 Å². The molecule has 6 nitrogen and oxygen atoms in total. The van der Waals surface area contributed by atoms with E-state index in [1.165, 1.54) is 0 Å². The van der Waals surface area contributed by atoms with Gasteiger partial charge >= 0.3 is 0 Å². The lowest BCUT2D eigenvalue weighted by molar-refractivity contribution is -0.124. The number of aromatic amines is 1. The predicted molar refractivity (Wildman–Crippen MR) is 136 cm³/mol. The van der Waals surface area contributed by atoms with Gasteiger partial charge in [-0.15, -0.1) is 0 Å². The lowest BCUT2D eigenvalue weighted by Gasteiger charge is -2.41. The molecule has 2 atom stereocenters. The molecule has 5 rings (SSSR count). The second kappa shape index (κ2) is 9.94. The molecule has 0 aliphatic carbocycles. The normalized spacial score (nSPS) is 17.4. The summed E-state index contributed by atoms with van der Waals surface area (Å²) in [6, 6.07) is 22.3. The molecule has 2 unspecified atom stereocenters. The average Bonchev–Trinajstić information content (AvgIpc) is 3.30. The number of aromatic nitrogens is 1. The molecule has 0 saturated carbocycles. The van der Waals surface area contributed by atoms with Gasteiger partial charge in [0, 0.05) is 53.4 Å². The Bertz CT molecular complexity index is 1370. The number of carbonyl (C=O) groups is 2. The van der Waals surface area contributed by atoms with E-state index >= 15 is 0 Å². The van der Waals surface area contributed by atoms with Crippen molar-refractivity contribution < 1.29 is 14.3 Å². The van der Waals surface area contributed by atoms with Gasteiger partial charge in [-0.25, -0.2) is 0 Å². The van der Waals surface area contributed by atoms with Gasteiger partial charge in [0.25, 0.3) is 5.91 Å². The highest BCUT2D eigenvalue weighted by molar-refractivity contribution is 6.30. The van der Waals surface area contributed by atoms with E-state index < -0.39 is 12.0 Å². The number of para-hydroxylation sites is 1. The zero-order valence-corrected chi connectivity index (χ0v) is 20.1. The van der Waals surface area contributed by atoms with E-state index in [0.717, 1.165) is 27.6 Å². The molecule has 1 aromatic heterocycles. The predicted octanol–water partition coefficient (Wildman–Crippen LogP) is 5.06. The van der Waals surface area contributed by atoms with E-state index in [9.17, 15) is 9.59 Å². The van der Waals surface area contributed by atoms with Crippen LogP contribution in [-0.2, 0) is 16.1 Å². The molecule has 0 bridgehead atoms. The Morgan fingerprint density at radius 1 is 1.03 bits per heavy atom. The maximum atomic E-state index is 13.9. The summed E-state index contributed by atoms with van der Waals surface area (Å²) in [6.07, 6.45) is 1.92. The van der Waals surface area contributed by atoms with Gasteiger partial charge in [0.05, 0.1) is 18.6 Å². The Morgan fingerprint density at radius 3 is 2.57 bits per heavy atom. The van der Waals surface area contributed by atoms with Crippen molar-refractivity contribution in [2.24, 2.45) is 0 Å². The first kappa shape index (κ1) is 23.1. The molecule has 0 saturated heterocycles. The van der Waals surface area contributed by atoms with Crippen LogP contribution in [0.15, 0.2) is 79.0 Å². The van der Waals surface area contributed by atoms with Crippen molar-refractivity contribution >= 4 is 34.3 Å². The molecule has 2 heterocycles. The molecule has 35 heavy (non-hydrogen) atoms. The van der Waals surface area contributed by atoms with Gasteiger partial charge in [0.15, 0.2) is 0 Å². The Hall–Kier alpha value is -3.61. The molecule has 2 N–H and O–H groups in total. The van der Waals surface area contributed by atoms with Crippen LogP contribution in [0.2, 0.25) is 5.02 Å². The van der Waals surface area contributed by atoms with Crippen LogP contribution in [0.1, 0.15) is 39.0 Å². The number of hydrogen-bond acceptors (Lipinski definition) is 3. The molecular weight excluding hydrogens is 462 g/mol. The number of hydrogen-bond donors (Lipinski definition) is 2. The van der Waals surface area contributed by atoms with Gasteiger partial charge in [-0.05, 0) is 35.4 Å². The third kappa shape index (κ3) is 4.43. The van der Waals surface area contributed by atoms with Crippen molar-refractivity contribution in [1.29, 1.82) is 0 Å². The second-order valence-corrected chi connectivity index (χ2v) is 9.08. The fourth-order valence-electron chi connectivity index (χ4n) is 4.91. The fourth-order valence-corrected chi connectivity index (χ4v) is 5.03. The van der Waals surface area contributed by atoms with Crippen LogP contribution in [0.4, 0.5) is 0 Å². The molecule has 1 aliphatic rings. The van der Waals surface area contributed by atoms with Gasteiger partial charge in [-0.2, -0.15) is 0 Å². The topological polar surface area (TPSA) is 74.4 Å². The van der Waals surface area contributed by atoms with E-state index in [4.69, 9.17) is 16.3 Å². The Morgan fingerprint density at radius 2 is 1.77 bits per heavy atom. The van der Waals surface area contributed by atoms with Crippen molar-refractivity contribution in [3.05, 3.63) is 106 Å². The fraction of sp³-hybridized carbons (Fsp3) is 0.214. The number of amides is 2. The van der Waals surface area contributed by atoms with Crippen LogP contribution in [-0.4, -0.2) is 42.0 Å². The standard InChI is InChI=1S/C28H26ClN3O3/c1-35-15-14-30-27(33)25-21-7-2-3-8-22(21)28(34)32(17-18-10-12-19(29)13-11-18)26(25)23-16-31-24-9-5-4-6-20(23)24/h2-13,16,25-26,31H,14-15,17H2,1H3,(H,30,33). The average molecular weight is 488 g/mol. The van der Waals surface area contributed by atoms with E-state index in [0.29, 0.717) is 30.3 Å². The zero-order chi connectivity index (χ0) is 24.4. The summed E-state index contributed by atoms with van der Waals surface area (Å²) < 4.78 is 5.14. The van der Waals surface area contributed by atoms with E-state index in [1.807, 2.05) is 77.8 Å². The number of fused-ring (bicyclic) bond motifs is 2. The maximum Gasteiger partial charge on any atom is 0.255 e. The smallest absolute Gasteiger partial charge is 0.255 e. The maximum absolute atomic E-state index is 13.9. The minimum Gasteiger partial charge on any atom is -0.383 e. The highest BCUT2D eigenvalue weighted by atomic mass is 35.5. The first-order valence-electron chi connectivity index (χ1n) is 11.6. The third-order valence-electron chi connectivity index (χ3n) is 6.53. The highest BCUT2D eigenvalue weighted by Crippen LogP contribution is 2.45. The number of nitrogens with zero attached hydrogens (tertiary/aromatic N) is 1. The van der Waals surface area contributed by atoms with E-state index in [-0.39, 0.29) is 11.8 Å². The summed E-state index contributed by atoms with van der Waals surface area (Å²) in [4.78, 5) is 32.7. The van der Waals surface area contributed by atoms with E-state index in [2.05, 4.69) is 10.3 Å². The summed E-state index contributed by atoms with van der Waals surface area (Å²) in [5, 5.41) is 4.63. The summed E-state index contributed by atoms with van der Waals surface area (Å²) in [5.41, 5.74) is 4.08. The van der Waals surface area contributed by atoms with Crippen molar-refractivity contribution in [3.63, 3.8) is 0 Å². The van der Waals surface area contributed by atoms with E-state index in [1.54, 1.807) is 13.2 Å². The summed E-state index contributed by atoms with van der Waals surface area (Å²) in [6.45, 7) is 1.14. The number of benzene rings is 3. The van der Waals surface area contributed by atoms with Crippen molar-refractivity contribution in [2.45, 2.75) is 18.5 Å². The van der Waals surface area contributed by atoms with Gasteiger partial charge < -0.3 is 19.9 Å². The number of rotatable bonds is 7. The SMILES string of the molecule is COCCNC(=O)C1c2ccccc2C(=O)N(Cc2ccc(Cl)cc2)C1c1c[nH]c2ccccc12. The molecule has 4 aromatic rings. The van der Waals surface area contributed by atoms with Gasteiger partial charge in [-0.3, -0.25) is 9.59 Å². The lowest BCUT2D eigenvalue weighted by Crippen LogP contribution is -2.47. The molecular formula is C28H26ClN3O3. The van der Waals surface area contributed by atoms with Crippen LogP contribution in [0.5, 0.6) is 0 Å². The summed E-state index contributed by atoms with van der Waals surface area (Å²) in [5.74, 6) is -0.836. The number of halogens is 1. The quantitative estimate of drug-likeness (QED) is 0.358. The monoisotopic (exact) mass is 487 g/mol. The van der Waals surface area contributed by atoms with Crippen LogP contribution < -0.4 is 5.32 Å². The second-order valence-electron chi connectivity index (χ2n) is 8.64. The first-order chi connectivity index (χ1) is 17.1. The Kier molecular flexibility index (Phi) is 6.57. The largest absolute Gasteiger partial charge is 0.383 e. The number of carbonyl (C=O) groups excluding carboxylic acids is 2. The molecule has 7 heteroatoms. The molecule has 2 amide bonds. The lowest BCUT2D eigenvalue weighted by atomic mass is 9.79.